The van der Waals surface area contributed by atoms with E-state index in [4.69, 9.17) is 25.5 Å². The monoisotopic (exact) mass is 296 g/mol. The van der Waals surface area contributed by atoms with Gasteiger partial charge in [-0.2, -0.15) is 0 Å². The largest absolute Gasteiger partial charge is 0.481 e. The van der Waals surface area contributed by atoms with Crippen molar-refractivity contribution in [1.29, 1.82) is 0 Å². The molecule has 0 radical (unpaired) electrons. The maximum atomic E-state index is 11.4. The molecular weight excluding hydrogens is 280 g/mol. The van der Waals surface area contributed by atoms with Gasteiger partial charge in [-0.25, -0.2) is 4.79 Å². The Morgan fingerprint density at radius 3 is 1.85 bits per heavy atom. The number of hydrogen-bond acceptors (Lipinski definition) is 8. The smallest absolute Gasteiger partial charge is 0.336 e. The second-order valence-electron chi connectivity index (χ2n) is 4.16. The highest BCUT2D eigenvalue weighted by Gasteiger charge is 2.43. The fourth-order valence-corrected chi connectivity index (χ4v) is 1.34. The summed E-state index contributed by atoms with van der Waals surface area (Å²) in [4.78, 5) is 32.6. The quantitative estimate of drug-likeness (QED) is 0.209. The van der Waals surface area contributed by atoms with Crippen molar-refractivity contribution < 1.29 is 49.8 Å². The van der Waals surface area contributed by atoms with E-state index < -0.39 is 48.4 Å². The molecule has 0 aromatic heterocycles. The lowest BCUT2D eigenvalue weighted by Gasteiger charge is -2.26. The highest BCUT2D eigenvalue weighted by molar-refractivity contribution is 5.88. The molecule has 0 heterocycles. The molecular formula is C10H16O10. The van der Waals surface area contributed by atoms with E-state index in [-0.39, 0.29) is 6.42 Å². The lowest BCUT2D eigenvalue weighted by molar-refractivity contribution is -0.356. The third-order valence-electron chi connectivity index (χ3n) is 2.36. The van der Waals surface area contributed by atoms with E-state index in [0.717, 1.165) is 0 Å². The summed E-state index contributed by atoms with van der Waals surface area (Å²) in [6.45, 7) is 1.33. The Kier molecular flexibility index (Phi) is 6.03. The number of ether oxygens (including phenoxy) is 1. The lowest BCUT2D eigenvalue weighted by Crippen LogP contribution is -2.47. The van der Waals surface area contributed by atoms with Gasteiger partial charge in [0.2, 0.25) is 0 Å². The number of hydrogen-bond donors (Lipinski definition) is 6. The molecule has 0 saturated heterocycles. The summed E-state index contributed by atoms with van der Waals surface area (Å²) in [6, 6.07) is 0. The summed E-state index contributed by atoms with van der Waals surface area (Å²) in [5.74, 6) is -8.35. The zero-order chi connectivity index (χ0) is 16.1. The summed E-state index contributed by atoms with van der Waals surface area (Å²) in [6.07, 6.45) is -4.49. The van der Waals surface area contributed by atoms with Gasteiger partial charge in [0.1, 0.15) is 0 Å². The van der Waals surface area contributed by atoms with E-state index in [0.29, 0.717) is 0 Å². The first kappa shape index (κ1) is 18.2. The van der Waals surface area contributed by atoms with Crippen LogP contribution < -0.4 is 0 Å². The van der Waals surface area contributed by atoms with E-state index in [9.17, 15) is 19.5 Å². The second-order valence-corrected chi connectivity index (χ2v) is 4.16. The van der Waals surface area contributed by atoms with E-state index in [2.05, 4.69) is 4.74 Å². The van der Waals surface area contributed by atoms with Crippen LogP contribution in [0.4, 0.5) is 0 Å². The molecule has 2 atom stereocenters. The van der Waals surface area contributed by atoms with Crippen LogP contribution >= 0.6 is 0 Å². The van der Waals surface area contributed by atoms with Crippen LogP contribution in [-0.4, -0.2) is 66.2 Å². The molecule has 116 valence electrons. The molecule has 0 aromatic carbocycles. The minimum Gasteiger partial charge on any atom is -0.481 e. The second kappa shape index (κ2) is 6.61. The van der Waals surface area contributed by atoms with Crippen LogP contribution in [-0.2, 0) is 19.1 Å². The Morgan fingerprint density at radius 1 is 1.05 bits per heavy atom. The summed E-state index contributed by atoms with van der Waals surface area (Å²) in [5, 5.41) is 53.3. The molecule has 0 rings (SSSR count). The third kappa shape index (κ3) is 5.48. The molecule has 0 aliphatic rings. The Bertz CT molecular complexity index is 384. The molecule has 0 bridgehead atoms. The average molecular weight is 296 g/mol. The molecule has 0 spiro atoms. The van der Waals surface area contributed by atoms with E-state index in [1.807, 2.05) is 0 Å². The highest BCUT2D eigenvalue weighted by atomic mass is 16.7. The fraction of sp³-hybridized carbons (Fsp3) is 0.700. The maximum Gasteiger partial charge on any atom is 0.336 e. The van der Waals surface area contributed by atoms with Gasteiger partial charge >= 0.3 is 23.9 Å². The van der Waals surface area contributed by atoms with Crippen molar-refractivity contribution >= 4 is 17.9 Å². The van der Waals surface area contributed by atoms with Gasteiger partial charge in [-0.1, -0.05) is 6.92 Å². The predicted octanol–water partition coefficient (Wildman–Crippen LogP) is -2.38. The van der Waals surface area contributed by atoms with Gasteiger partial charge in [0.25, 0.3) is 0 Å². The molecule has 0 amide bonds. The summed E-state index contributed by atoms with van der Waals surface area (Å²) in [5.41, 5.74) is -2.90. The van der Waals surface area contributed by atoms with Crippen LogP contribution in [0.2, 0.25) is 0 Å². The van der Waals surface area contributed by atoms with Crippen molar-refractivity contribution in [2.45, 2.75) is 43.9 Å². The minimum atomic E-state index is -3.33. The van der Waals surface area contributed by atoms with Crippen molar-refractivity contribution in [3.63, 3.8) is 0 Å². The van der Waals surface area contributed by atoms with Gasteiger partial charge in [0.15, 0.2) is 11.7 Å². The van der Waals surface area contributed by atoms with Gasteiger partial charge in [-0.3, -0.25) is 9.59 Å². The minimum absolute atomic E-state index is 0.223. The number of carboxylic acids is 2. The lowest BCUT2D eigenvalue weighted by atomic mass is 9.96. The fourth-order valence-electron chi connectivity index (χ4n) is 1.34. The molecule has 2 unspecified atom stereocenters. The molecule has 0 aromatic rings. The first-order chi connectivity index (χ1) is 8.92. The topological polar surface area (TPSA) is 182 Å². The van der Waals surface area contributed by atoms with Gasteiger partial charge in [0, 0.05) is 0 Å². The van der Waals surface area contributed by atoms with Crippen molar-refractivity contribution in [2.24, 2.45) is 0 Å². The van der Waals surface area contributed by atoms with Crippen LogP contribution in [0.1, 0.15) is 26.2 Å². The van der Waals surface area contributed by atoms with Crippen molar-refractivity contribution in [1.82, 2.24) is 0 Å². The first-order valence-corrected chi connectivity index (χ1v) is 5.46. The molecule has 20 heavy (non-hydrogen) atoms. The van der Waals surface area contributed by atoms with Crippen LogP contribution in [0.3, 0.4) is 0 Å². The molecule has 10 nitrogen and oxygen atoms in total. The van der Waals surface area contributed by atoms with Gasteiger partial charge in [0.05, 0.1) is 12.8 Å². The van der Waals surface area contributed by atoms with Gasteiger partial charge < -0.3 is 35.4 Å². The van der Waals surface area contributed by atoms with E-state index >= 15 is 0 Å². The Morgan fingerprint density at radius 2 is 1.55 bits per heavy atom. The predicted molar refractivity (Wildman–Crippen MR) is 59.0 cm³/mol. The van der Waals surface area contributed by atoms with E-state index in [1.54, 1.807) is 0 Å². The zero-order valence-electron chi connectivity index (χ0n) is 10.5. The van der Waals surface area contributed by atoms with Crippen molar-refractivity contribution in [3.8, 4) is 0 Å². The Labute approximate surface area is 112 Å². The Balaban J connectivity index is 4.87. The number of carbonyl (C=O) groups excluding carboxylic acids is 1. The standard InChI is InChI=1S/C10H16O10/c1-2-5(10(17,18)19)20-7(13)4-9(16,8(14)15)3-6(11)12/h5,16-19H,2-4H2,1H3,(H,11,12)(H,14,15). The van der Waals surface area contributed by atoms with Crippen molar-refractivity contribution in [3.05, 3.63) is 0 Å². The molecule has 10 heteroatoms. The molecule has 0 aliphatic carbocycles. The van der Waals surface area contributed by atoms with Crippen molar-refractivity contribution in [2.75, 3.05) is 0 Å². The molecule has 6 N–H and O–H groups in total. The highest BCUT2D eigenvalue weighted by Crippen LogP contribution is 2.19. The van der Waals surface area contributed by atoms with Crippen LogP contribution in [0.5, 0.6) is 0 Å². The number of esters is 1. The Hall–Kier alpha value is -1.75. The number of rotatable bonds is 8. The normalized spacial score (nSPS) is 16.1. The molecule has 0 aliphatic heterocycles. The van der Waals surface area contributed by atoms with Crippen LogP contribution in [0, 0.1) is 0 Å². The van der Waals surface area contributed by atoms with E-state index in [1.165, 1.54) is 6.92 Å². The summed E-state index contributed by atoms with van der Waals surface area (Å²) < 4.78 is 4.39. The number of carboxylic acid groups (broad SMARTS) is 2. The number of aliphatic hydroxyl groups is 4. The summed E-state index contributed by atoms with van der Waals surface area (Å²) >= 11 is 0. The maximum absolute atomic E-state index is 11.4. The molecule has 0 saturated carbocycles. The average Bonchev–Trinajstić information content (AvgIpc) is 2.22. The molecule has 0 fully saturated rings. The summed E-state index contributed by atoms with van der Waals surface area (Å²) in [7, 11) is 0. The SMILES string of the molecule is CCC(OC(=O)CC(O)(CC(=O)O)C(=O)O)C(O)(O)O. The number of aliphatic carboxylic acids is 2. The van der Waals surface area contributed by atoms with Gasteiger partial charge in [-0.05, 0) is 6.42 Å². The number of carbonyl (C=O) groups is 3. The zero-order valence-corrected chi connectivity index (χ0v) is 10.5. The first-order valence-electron chi connectivity index (χ1n) is 5.46. The van der Waals surface area contributed by atoms with Crippen LogP contribution in [0.25, 0.3) is 0 Å². The van der Waals surface area contributed by atoms with Crippen LogP contribution in [0.15, 0.2) is 0 Å². The third-order valence-corrected chi connectivity index (χ3v) is 2.36. The van der Waals surface area contributed by atoms with Gasteiger partial charge in [-0.15, -0.1) is 0 Å².